The fourth-order valence-corrected chi connectivity index (χ4v) is 2.85. The van der Waals surface area contributed by atoms with Gasteiger partial charge in [0.25, 0.3) is 0 Å². The maximum Gasteiger partial charge on any atom is 0.00928 e. The van der Waals surface area contributed by atoms with E-state index in [4.69, 9.17) is 0 Å². The molecule has 2 N–H and O–H groups in total. The molecule has 82 valence electrons. The van der Waals surface area contributed by atoms with E-state index in [-0.39, 0.29) is 0 Å². The van der Waals surface area contributed by atoms with Crippen LogP contribution in [0.25, 0.3) is 0 Å². The van der Waals surface area contributed by atoms with Crippen LogP contribution in [0, 0.1) is 11.8 Å². The zero-order valence-electron chi connectivity index (χ0n) is 9.39. The van der Waals surface area contributed by atoms with Gasteiger partial charge in [-0.05, 0) is 57.2 Å². The maximum absolute atomic E-state index is 3.77. The first-order chi connectivity index (χ1) is 6.86. The van der Waals surface area contributed by atoms with Crippen molar-refractivity contribution >= 4 is 0 Å². The molecule has 0 amide bonds. The first-order valence-electron chi connectivity index (χ1n) is 6.30. The van der Waals surface area contributed by atoms with Crippen molar-refractivity contribution in [3.8, 4) is 0 Å². The lowest BCUT2D eigenvalue weighted by Gasteiger charge is -2.26. The lowest BCUT2D eigenvalue weighted by atomic mass is 9.97. The molecule has 2 unspecified atom stereocenters. The van der Waals surface area contributed by atoms with E-state index in [1.807, 2.05) is 0 Å². The van der Waals surface area contributed by atoms with E-state index in [0.717, 1.165) is 17.9 Å². The highest BCUT2D eigenvalue weighted by atomic mass is 14.9. The van der Waals surface area contributed by atoms with Gasteiger partial charge in [-0.1, -0.05) is 13.3 Å². The monoisotopic (exact) mass is 196 g/mol. The van der Waals surface area contributed by atoms with Gasteiger partial charge in [0, 0.05) is 6.04 Å². The first kappa shape index (κ1) is 10.4. The molecule has 0 aromatic rings. The molecule has 2 atom stereocenters. The third-order valence-electron chi connectivity index (χ3n) is 3.99. The Hall–Kier alpha value is -0.0800. The Kier molecular flexibility index (Phi) is 3.82. The minimum Gasteiger partial charge on any atom is -0.317 e. The van der Waals surface area contributed by atoms with Crippen molar-refractivity contribution in [1.82, 2.24) is 10.6 Å². The van der Waals surface area contributed by atoms with E-state index < -0.39 is 0 Å². The highest BCUT2D eigenvalue weighted by Crippen LogP contribution is 2.25. The van der Waals surface area contributed by atoms with Crippen molar-refractivity contribution in [2.24, 2.45) is 11.8 Å². The highest BCUT2D eigenvalue weighted by molar-refractivity contribution is 4.81. The molecule has 2 nitrogen and oxygen atoms in total. The summed E-state index contributed by atoms with van der Waals surface area (Å²) in [7, 11) is 0. The topological polar surface area (TPSA) is 24.1 Å². The molecule has 0 radical (unpaired) electrons. The van der Waals surface area contributed by atoms with E-state index in [9.17, 15) is 0 Å². The van der Waals surface area contributed by atoms with Crippen molar-refractivity contribution in [3.05, 3.63) is 0 Å². The molecular weight excluding hydrogens is 172 g/mol. The average molecular weight is 196 g/mol. The lowest BCUT2D eigenvalue weighted by molar-refractivity contribution is 0.322. The Morgan fingerprint density at radius 3 is 2.57 bits per heavy atom. The van der Waals surface area contributed by atoms with Crippen LogP contribution in [-0.2, 0) is 0 Å². The molecule has 1 saturated heterocycles. The quantitative estimate of drug-likeness (QED) is 0.719. The van der Waals surface area contributed by atoms with E-state index in [1.165, 1.54) is 51.7 Å². The van der Waals surface area contributed by atoms with Crippen LogP contribution in [0.1, 0.15) is 39.0 Å². The Labute approximate surface area is 87.8 Å². The third-order valence-corrected chi connectivity index (χ3v) is 3.99. The summed E-state index contributed by atoms with van der Waals surface area (Å²) in [5, 5.41) is 7.20. The molecule has 1 aliphatic carbocycles. The molecule has 1 aliphatic heterocycles. The van der Waals surface area contributed by atoms with Crippen molar-refractivity contribution in [3.63, 3.8) is 0 Å². The molecule has 14 heavy (non-hydrogen) atoms. The van der Waals surface area contributed by atoms with Gasteiger partial charge in [0.1, 0.15) is 0 Å². The maximum atomic E-state index is 3.77. The van der Waals surface area contributed by atoms with Crippen molar-refractivity contribution < 1.29 is 0 Å². The van der Waals surface area contributed by atoms with Crippen LogP contribution in [-0.4, -0.2) is 25.7 Å². The molecule has 1 heterocycles. The van der Waals surface area contributed by atoms with E-state index >= 15 is 0 Å². The van der Waals surface area contributed by atoms with Gasteiger partial charge < -0.3 is 10.6 Å². The predicted octanol–water partition coefficient (Wildman–Crippen LogP) is 1.76. The van der Waals surface area contributed by atoms with Gasteiger partial charge >= 0.3 is 0 Å². The molecule has 2 rings (SSSR count). The average Bonchev–Trinajstić information content (AvgIpc) is 2.63. The third kappa shape index (κ3) is 2.71. The molecule has 2 fully saturated rings. The van der Waals surface area contributed by atoms with Crippen LogP contribution in [0.2, 0.25) is 0 Å². The first-order valence-corrected chi connectivity index (χ1v) is 6.30. The van der Waals surface area contributed by atoms with Gasteiger partial charge in [-0.3, -0.25) is 0 Å². The molecule has 1 saturated carbocycles. The molecule has 2 aliphatic rings. The molecule has 0 aromatic carbocycles. The summed E-state index contributed by atoms with van der Waals surface area (Å²) < 4.78 is 0. The summed E-state index contributed by atoms with van der Waals surface area (Å²) >= 11 is 0. The van der Waals surface area contributed by atoms with Gasteiger partial charge in [0.2, 0.25) is 0 Å². The zero-order valence-corrected chi connectivity index (χ0v) is 9.39. The lowest BCUT2D eigenvalue weighted by Crippen LogP contribution is -2.38. The van der Waals surface area contributed by atoms with Gasteiger partial charge in [0.05, 0.1) is 0 Å². The largest absolute Gasteiger partial charge is 0.317 e. The summed E-state index contributed by atoms with van der Waals surface area (Å²) in [6.07, 6.45) is 7.02. The number of piperidine rings is 1. The molecule has 2 heteroatoms. The Morgan fingerprint density at radius 2 is 1.93 bits per heavy atom. The summed E-state index contributed by atoms with van der Waals surface area (Å²) in [5.74, 6) is 1.85. The fourth-order valence-electron chi connectivity index (χ4n) is 2.85. The minimum atomic E-state index is 0.824. The van der Waals surface area contributed by atoms with Gasteiger partial charge in [-0.15, -0.1) is 0 Å². The van der Waals surface area contributed by atoms with Gasteiger partial charge in [-0.25, -0.2) is 0 Å². The van der Waals surface area contributed by atoms with Crippen molar-refractivity contribution in [1.29, 1.82) is 0 Å². The van der Waals surface area contributed by atoms with Crippen LogP contribution in [0.3, 0.4) is 0 Å². The molecule has 0 bridgehead atoms. The standard InChI is InChI=1S/C12H24N2/c1-10-3-2-4-12(10)14-9-11-5-7-13-8-6-11/h10-14H,2-9H2,1H3. The van der Waals surface area contributed by atoms with E-state index in [2.05, 4.69) is 17.6 Å². The van der Waals surface area contributed by atoms with Crippen LogP contribution < -0.4 is 10.6 Å². The number of hydrogen-bond donors (Lipinski definition) is 2. The summed E-state index contributed by atoms with van der Waals surface area (Å²) in [5.41, 5.74) is 0. The van der Waals surface area contributed by atoms with Gasteiger partial charge in [0.15, 0.2) is 0 Å². The Balaban J connectivity index is 1.65. The Morgan fingerprint density at radius 1 is 1.14 bits per heavy atom. The summed E-state index contributed by atoms with van der Waals surface area (Å²) in [4.78, 5) is 0. The summed E-state index contributed by atoms with van der Waals surface area (Å²) in [6, 6.07) is 0.824. The summed E-state index contributed by atoms with van der Waals surface area (Å²) in [6.45, 7) is 6.11. The van der Waals surface area contributed by atoms with Crippen molar-refractivity contribution in [2.45, 2.75) is 45.1 Å². The van der Waals surface area contributed by atoms with Crippen LogP contribution in [0.15, 0.2) is 0 Å². The fraction of sp³-hybridized carbons (Fsp3) is 1.00. The minimum absolute atomic E-state index is 0.824. The normalized spacial score (nSPS) is 34.9. The molecular formula is C12H24N2. The highest BCUT2D eigenvalue weighted by Gasteiger charge is 2.23. The van der Waals surface area contributed by atoms with Crippen LogP contribution in [0.5, 0.6) is 0 Å². The van der Waals surface area contributed by atoms with Crippen molar-refractivity contribution in [2.75, 3.05) is 19.6 Å². The van der Waals surface area contributed by atoms with E-state index in [1.54, 1.807) is 0 Å². The van der Waals surface area contributed by atoms with Gasteiger partial charge in [-0.2, -0.15) is 0 Å². The zero-order chi connectivity index (χ0) is 9.80. The molecule has 0 spiro atoms. The SMILES string of the molecule is CC1CCCC1NCC1CCNCC1. The second-order valence-electron chi connectivity index (χ2n) is 5.12. The van der Waals surface area contributed by atoms with Crippen LogP contribution >= 0.6 is 0 Å². The number of rotatable bonds is 3. The predicted molar refractivity (Wildman–Crippen MR) is 60.4 cm³/mol. The molecule has 0 aromatic heterocycles. The Bertz CT molecular complexity index is 164. The van der Waals surface area contributed by atoms with Crippen LogP contribution in [0.4, 0.5) is 0 Å². The van der Waals surface area contributed by atoms with E-state index in [0.29, 0.717) is 0 Å². The smallest absolute Gasteiger partial charge is 0.00928 e. The second-order valence-corrected chi connectivity index (χ2v) is 5.12. The second kappa shape index (κ2) is 5.13. The number of nitrogens with one attached hydrogen (secondary N) is 2. The number of hydrogen-bond acceptors (Lipinski definition) is 2.